The molecule has 7 nitrogen and oxygen atoms in total. The molecule has 3 aromatic rings. The van der Waals surface area contributed by atoms with Crippen molar-refractivity contribution in [1.29, 1.82) is 0 Å². The maximum atomic E-state index is 12.7. The van der Waals surface area contributed by atoms with Gasteiger partial charge in [-0.05, 0) is 36.8 Å². The van der Waals surface area contributed by atoms with Crippen LogP contribution in [0.5, 0.6) is 0 Å². The number of benzene rings is 2. The lowest BCUT2D eigenvalue weighted by Crippen LogP contribution is -2.14. The molecule has 0 saturated carbocycles. The zero-order valence-electron chi connectivity index (χ0n) is 14.7. The van der Waals surface area contributed by atoms with Crippen LogP contribution in [-0.2, 0) is 14.8 Å². The number of anilines is 1. The van der Waals surface area contributed by atoms with E-state index in [1.54, 1.807) is 30.6 Å². The van der Waals surface area contributed by atoms with Crippen molar-refractivity contribution >= 4 is 21.7 Å². The second-order valence-electron chi connectivity index (χ2n) is 5.80. The second-order valence-corrected chi connectivity index (χ2v) is 7.48. The Hall–Kier alpha value is -3.13. The maximum absolute atomic E-state index is 12.7. The zero-order valence-corrected chi connectivity index (χ0v) is 15.5. The van der Waals surface area contributed by atoms with Crippen molar-refractivity contribution in [2.75, 3.05) is 11.3 Å². The molecule has 0 atom stereocenters. The van der Waals surface area contributed by atoms with Crippen LogP contribution in [0.25, 0.3) is 11.1 Å². The summed E-state index contributed by atoms with van der Waals surface area (Å²) in [6.07, 6.45) is 4.02. The fourth-order valence-corrected chi connectivity index (χ4v) is 3.55. The Kier molecular flexibility index (Phi) is 5.56. The van der Waals surface area contributed by atoms with Gasteiger partial charge in [-0.15, -0.1) is 0 Å². The molecule has 2 N–H and O–H groups in total. The number of hydrogen-bond donors (Lipinski definition) is 2. The summed E-state index contributed by atoms with van der Waals surface area (Å²) >= 11 is 0. The van der Waals surface area contributed by atoms with E-state index in [9.17, 15) is 13.2 Å². The molecule has 1 heterocycles. The molecule has 140 valence electrons. The molecular weight excluding hydrogens is 366 g/mol. The number of esters is 1. The molecule has 8 heteroatoms. The summed E-state index contributed by atoms with van der Waals surface area (Å²) in [5.41, 5.74) is 2.21. The maximum Gasteiger partial charge on any atom is 0.338 e. The Labute approximate surface area is 157 Å². The molecule has 3 rings (SSSR count). The Morgan fingerprint density at radius 3 is 2.56 bits per heavy atom. The van der Waals surface area contributed by atoms with Gasteiger partial charge < -0.3 is 4.74 Å². The fraction of sp³-hybridized carbons (Fsp3) is 0.158. The highest BCUT2D eigenvalue weighted by molar-refractivity contribution is 7.92. The smallest absolute Gasteiger partial charge is 0.338 e. The number of carbonyl (C=O) groups is 1. The predicted molar refractivity (Wildman–Crippen MR) is 102 cm³/mol. The van der Waals surface area contributed by atoms with Gasteiger partial charge in [-0.1, -0.05) is 25.1 Å². The highest BCUT2D eigenvalue weighted by Crippen LogP contribution is 2.28. The summed E-state index contributed by atoms with van der Waals surface area (Å²) in [5.74, 6) is -0.473. The summed E-state index contributed by atoms with van der Waals surface area (Å²) in [6.45, 7) is 2.22. The van der Waals surface area contributed by atoms with Crippen LogP contribution < -0.4 is 4.72 Å². The minimum Gasteiger partial charge on any atom is -0.462 e. The number of sulfonamides is 1. The fourth-order valence-electron chi connectivity index (χ4n) is 2.47. The molecule has 2 aromatic carbocycles. The third kappa shape index (κ3) is 4.35. The molecule has 0 aliphatic rings. The van der Waals surface area contributed by atoms with Crippen LogP contribution in [-0.4, -0.2) is 31.2 Å². The summed E-state index contributed by atoms with van der Waals surface area (Å²) < 4.78 is 33.1. The van der Waals surface area contributed by atoms with Gasteiger partial charge in [0.25, 0.3) is 10.0 Å². The average molecular weight is 385 g/mol. The Morgan fingerprint density at radius 1 is 1.15 bits per heavy atom. The summed E-state index contributed by atoms with van der Waals surface area (Å²) in [4.78, 5) is 11.9. The van der Waals surface area contributed by atoms with Gasteiger partial charge in [0.15, 0.2) is 0 Å². The Bertz CT molecular complexity index is 1010. The number of para-hydroxylation sites is 1. The third-order valence-electron chi connectivity index (χ3n) is 3.82. The van der Waals surface area contributed by atoms with Crippen molar-refractivity contribution < 1.29 is 17.9 Å². The number of ether oxygens (including phenoxy) is 1. The molecule has 0 amide bonds. The first kappa shape index (κ1) is 18.7. The Morgan fingerprint density at radius 2 is 1.89 bits per heavy atom. The first-order chi connectivity index (χ1) is 13.0. The van der Waals surface area contributed by atoms with E-state index in [2.05, 4.69) is 14.9 Å². The molecule has 0 radical (unpaired) electrons. The van der Waals surface area contributed by atoms with Gasteiger partial charge in [0.05, 0.1) is 29.0 Å². The normalized spacial score (nSPS) is 11.1. The lowest BCUT2D eigenvalue weighted by molar-refractivity contribution is 0.0505. The highest BCUT2D eigenvalue weighted by Gasteiger charge is 2.18. The van der Waals surface area contributed by atoms with Gasteiger partial charge >= 0.3 is 5.97 Å². The van der Waals surface area contributed by atoms with E-state index < -0.39 is 16.0 Å². The van der Waals surface area contributed by atoms with Crippen LogP contribution in [0, 0.1) is 0 Å². The molecule has 0 aliphatic carbocycles. The van der Waals surface area contributed by atoms with E-state index in [1.165, 1.54) is 24.3 Å². The number of H-pyrrole nitrogens is 1. The molecule has 0 spiro atoms. The lowest BCUT2D eigenvalue weighted by atomic mass is 10.1. The minimum absolute atomic E-state index is 0.0524. The zero-order chi connectivity index (χ0) is 19.3. The van der Waals surface area contributed by atoms with Crippen LogP contribution in [0.1, 0.15) is 23.7 Å². The predicted octanol–water partition coefficient (Wildman–Crippen LogP) is 3.44. The summed E-state index contributed by atoms with van der Waals surface area (Å²) in [7, 11) is -3.82. The molecule has 0 bridgehead atoms. The van der Waals surface area contributed by atoms with Gasteiger partial charge in [0.2, 0.25) is 0 Å². The molecular formula is C19H19N3O4S. The van der Waals surface area contributed by atoms with Crippen LogP contribution in [0.15, 0.2) is 65.8 Å². The van der Waals surface area contributed by atoms with Gasteiger partial charge in [-0.3, -0.25) is 9.82 Å². The van der Waals surface area contributed by atoms with Crippen LogP contribution in [0.4, 0.5) is 5.69 Å². The molecule has 0 aliphatic heterocycles. The molecule has 1 aromatic heterocycles. The first-order valence-corrected chi connectivity index (χ1v) is 9.88. The molecule has 0 saturated heterocycles. The third-order valence-corrected chi connectivity index (χ3v) is 5.20. The molecule has 0 unspecified atom stereocenters. The number of rotatable bonds is 7. The SMILES string of the molecule is CCCOC(=O)c1ccc(S(=O)(=O)Nc2ccccc2-c2cn[nH]c2)cc1. The first-order valence-electron chi connectivity index (χ1n) is 8.39. The van der Waals surface area contributed by atoms with Gasteiger partial charge in [-0.25, -0.2) is 13.2 Å². The van der Waals surface area contributed by atoms with Crippen molar-refractivity contribution in [1.82, 2.24) is 10.2 Å². The van der Waals surface area contributed by atoms with Gasteiger partial charge in [0.1, 0.15) is 0 Å². The topological polar surface area (TPSA) is 101 Å². The number of aromatic nitrogens is 2. The van der Waals surface area contributed by atoms with E-state index in [1.807, 2.05) is 13.0 Å². The summed E-state index contributed by atoms with van der Waals surface area (Å²) in [5, 5.41) is 6.61. The standard InChI is InChI=1S/C19H19N3O4S/c1-2-11-26-19(23)14-7-9-16(10-8-14)27(24,25)22-18-6-4-3-5-17(18)15-12-20-21-13-15/h3-10,12-13,22H,2,11H2,1H3,(H,20,21). The van der Waals surface area contributed by atoms with Crippen LogP contribution in [0.3, 0.4) is 0 Å². The van der Waals surface area contributed by atoms with Crippen LogP contribution in [0.2, 0.25) is 0 Å². The monoisotopic (exact) mass is 385 g/mol. The van der Waals surface area contributed by atoms with Gasteiger partial charge in [0, 0.05) is 17.3 Å². The minimum atomic E-state index is -3.82. The van der Waals surface area contributed by atoms with E-state index >= 15 is 0 Å². The van der Waals surface area contributed by atoms with Crippen molar-refractivity contribution in [3.05, 3.63) is 66.5 Å². The number of aromatic amines is 1. The number of nitrogens with zero attached hydrogens (tertiary/aromatic N) is 1. The van der Waals surface area contributed by atoms with Crippen molar-refractivity contribution in [3.63, 3.8) is 0 Å². The lowest BCUT2D eigenvalue weighted by Gasteiger charge is -2.12. The van der Waals surface area contributed by atoms with Gasteiger partial charge in [-0.2, -0.15) is 5.10 Å². The molecule has 27 heavy (non-hydrogen) atoms. The van der Waals surface area contributed by atoms with E-state index in [-0.39, 0.29) is 4.90 Å². The number of nitrogens with one attached hydrogen (secondary N) is 2. The van der Waals surface area contributed by atoms with Crippen molar-refractivity contribution in [2.24, 2.45) is 0 Å². The van der Waals surface area contributed by atoms with Crippen molar-refractivity contribution in [3.8, 4) is 11.1 Å². The molecule has 0 fully saturated rings. The quantitative estimate of drug-likeness (QED) is 0.607. The Balaban J connectivity index is 1.83. The van der Waals surface area contributed by atoms with E-state index in [0.717, 1.165) is 12.0 Å². The highest BCUT2D eigenvalue weighted by atomic mass is 32.2. The number of carbonyl (C=O) groups excluding carboxylic acids is 1. The summed E-state index contributed by atoms with van der Waals surface area (Å²) in [6, 6.07) is 12.7. The van der Waals surface area contributed by atoms with Crippen molar-refractivity contribution in [2.45, 2.75) is 18.2 Å². The number of hydrogen-bond acceptors (Lipinski definition) is 5. The van der Waals surface area contributed by atoms with E-state index in [0.29, 0.717) is 23.4 Å². The average Bonchev–Trinajstić information content (AvgIpc) is 3.21. The largest absolute Gasteiger partial charge is 0.462 e. The van der Waals surface area contributed by atoms with E-state index in [4.69, 9.17) is 4.74 Å². The second kappa shape index (κ2) is 8.05. The van der Waals surface area contributed by atoms with Crippen LogP contribution >= 0.6 is 0 Å².